The molecule has 136 valence electrons. The topological polar surface area (TPSA) is 63.7 Å². The molecule has 0 aromatic carbocycles. The first-order valence-corrected chi connectivity index (χ1v) is 9.57. The second kappa shape index (κ2) is 9.96. The molecule has 24 heavy (non-hydrogen) atoms. The lowest BCUT2D eigenvalue weighted by Gasteiger charge is -2.29. The van der Waals surface area contributed by atoms with E-state index in [4.69, 9.17) is 9.47 Å². The average molecular weight is 356 g/mol. The molecule has 1 aromatic rings. The smallest absolute Gasteiger partial charge is 0.352 e. The maximum absolute atomic E-state index is 12.2. The number of ether oxygens (including phenoxy) is 2. The number of carbonyl (C=O) groups excluding carboxylic acids is 1. The Morgan fingerprint density at radius 2 is 2.33 bits per heavy atom. The Morgan fingerprint density at radius 3 is 3.04 bits per heavy atom. The summed E-state index contributed by atoms with van der Waals surface area (Å²) in [5.41, 5.74) is 0. The summed E-state index contributed by atoms with van der Waals surface area (Å²) >= 11 is 1.45. The van der Waals surface area contributed by atoms with Gasteiger partial charge in [-0.1, -0.05) is 6.92 Å². The number of likely N-dealkylation sites (tertiary alicyclic amines) is 1. The van der Waals surface area contributed by atoms with E-state index in [1.807, 2.05) is 6.92 Å². The molecule has 1 aliphatic rings. The van der Waals surface area contributed by atoms with E-state index >= 15 is 0 Å². The standard InChI is InChI=1S/C17H29N3O3S/c1-4-23-17(21)15-16(18-8-6-10-22-3)19-14(24-15)12-20-9-5-7-13(2)11-20/h13,18H,4-12H2,1-3H3. The summed E-state index contributed by atoms with van der Waals surface area (Å²) in [6, 6.07) is 0. The van der Waals surface area contributed by atoms with Gasteiger partial charge < -0.3 is 14.8 Å². The highest BCUT2D eigenvalue weighted by Gasteiger charge is 2.22. The Labute approximate surface area is 148 Å². The number of hydrogen-bond donors (Lipinski definition) is 1. The fourth-order valence-electron chi connectivity index (χ4n) is 2.93. The molecule has 1 N–H and O–H groups in total. The molecule has 0 radical (unpaired) electrons. The van der Waals surface area contributed by atoms with Gasteiger partial charge in [-0.3, -0.25) is 4.90 Å². The molecule has 2 heterocycles. The van der Waals surface area contributed by atoms with E-state index in [1.165, 1.54) is 24.2 Å². The maximum atomic E-state index is 12.2. The number of anilines is 1. The van der Waals surface area contributed by atoms with Gasteiger partial charge in [0.1, 0.15) is 5.01 Å². The van der Waals surface area contributed by atoms with Crippen molar-refractivity contribution in [3.63, 3.8) is 0 Å². The molecule has 1 unspecified atom stereocenters. The first-order chi connectivity index (χ1) is 11.6. The summed E-state index contributed by atoms with van der Waals surface area (Å²) in [7, 11) is 1.69. The van der Waals surface area contributed by atoms with Gasteiger partial charge in [0.05, 0.1) is 13.2 Å². The van der Waals surface area contributed by atoms with E-state index < -0.39 is 0 Å². The van der Waals surface area contributed by atoms with Crippen LogP contribution in [-0.2, 0) is 16.0 Å². The number of hydrogen-bond acceptors (Lipinski definition) is 7. The molecule has 2 rings (SSSR count). The van der Waals surface area contributed by atoms with Gasteiger partial charge in [-0.05, 0) is 38.6 Å². The highest BCUT2D eigenvalue weighted by molar-refractivity contribution is 7.14. The second-order valence-electron chi connectivity index (χ2n) is 6.26. The zero-order valence-electron chi connectivity index (χ0n) is 15.0. The minimum absolute atomic E-state index is 0.289. The molecular formula is C17H29N3O3S. The third-order valence-electron chi connectivity index (χ3n) is 4.05. The van der Waals surface area contributed by atoms with Crippen molar-refractivity contribution in [1.82, 2.24) is 9.88 Å². The summed E-state index contributed by atoms with van der Waals surface area (Å²) in [6.07, 6.45) is 3.41. The van der Waals surface area contributed by atoms with E-state index in [9.17, 15) is 4.79 Å². The number of esters is 1. The van der Waals surface area contributed by atoms with Gasteiger partial charge in [-0.2, -0.15) is 0 Å². The van der Waals surface area contributed by atoms with E-state index in [0.717, 1.165) is 43.5 Å². The Bertz CT molecular complexity index is 521. The molecule has 0 amide bonds. The summed E-state index contributed by atoms with van der Waals surface area (Å²) in [4.78, 5) is 19.8. The summed E-state index contributed by atoms with van der Waals surface area (Å²) in [5, 5.41) is 4.23. The average Bonchev–Trinajstić information content (AvgIpc) is 2.95. The van der Waals surface area contributed by atoms with E-state index in [-0.39, 0.29) is 5.97 Å². The number of methoxy groups -OCH3 is 1. The first kappa shape index (κ1) is 19.1. The molecule has 0 spiro atoms. The summed E-state index contributed by atoms with van der Waals surface area (Å²) < 4.78 is 10.2. The first-order valence-electron chi connectivity index (χ1n) is 8.76. The van der Waals surface area contributed by atoms with Crippen LogP contribution < -0.4 is 5.32 Å². The fraction of sp³-hybridized carbons (Fsp3) is 0.765. The lowest BCUT2D eigenvalue weighted by atomic mass is 10.0. The number of carbonyl (C=O) groups is 1. The third-order valence-corrected chi connectivity index (χ3v) is 5.07. The van der Waals surface area contributed by atoms with Gasteiger partial charge in [-0.15, -0.1) is 11.3 Å². The number of thiazole rings is 1. The van der Waals surface area contributed by atoms with Crippen molar-refractivity contribution in [1.29, 1.82) is 0 Å². The van der Waals surface area contributed by atoms with Crippen LogP contribution in [0.5, 0.6) is 0 Å². The van der Waals surface area contributed by atoms with Crippen molar-refractivity contribution in [2.45, 2.75) is 39.7 Å². The molecule has 1 fully saturated rings. The third kappa shape index (κ3) is 5.72. The van der Waals surface area contributed by atoms with Crippen molar-refractivity contribution < 1.29 is 14.3 Å². The van der Waals surface area contributed by atoms with Crippen LogP contribution in [-0.4, -0.2) is 55.8 Å². The van der Waals surface area contributed by atoms with Crippen LogP contribution in [0.3, 0.4) is 0 Å². The molecule has 1 aliphatic heterocycles. The zero-order valence-corrected chi connectivity index (χ0v) is 15.8. The minimum atomic E-state index is -0.289. The molecular weight excluding hydrogens is 326 g/mol. The Kier molecular flexibility index (Phi) is 7.94. The molecule has 1 aromatic heterocycles. The zero-order chi connectivity index (χ0) is 17.4. The molecule has 0 saturated carbocycles. The normalized spacial score (nSPS) is 18.5. The largest absolute Gasteiger partial charge is 0.462 e. The van der Waals surface area contributed by atoms with Crippen LogP contribution in [0.4, 0.5) is 5.82 Å². The number of piperidine rings is 1. The van der Waals surface area contributed by atoms with Crippen molar-refractivity contribution in [3.05, 3.63) is 9.88 Å². The number of nitrogens with zero attached hydrogens (tertiary/aromatic N) is 2. The fourth-order valence-corrected chi connectivity index (χ4v) is 3.91. The van der Waals surface area contributed by atoms with Crippen molar-refractivity contribution in [2.75, 3.05) is 45.3 Å². The lowest BCUT2D eigenvalue weighted by molar-refractivity contribution is 0.0533. The van der Waals surface area contributed by atoms with Crippen molar-refractivity contribution in [2.24, 2.45) is 5.92 Å². The SMILES string of the molecule is CCOC(=O)c1sc(CN2CCCC(C)C2)nc1NCCCOC. The molecule has 6 nitrogen and oxygen atoms in total. The maximum Gasteiger partial charge on any atom is 0.352 e. The predicted molar refractivity (Wildman–Crippen MR) is 96.7 cm³/mol. The minimum Gasteiger partial charge on any atom is -0.462 e. The van der Waals surface area contributed by atoms with Crippen LogP contribution in [0.2, 0.25) is 0 Å². The van der Waals surface area contributed by atoms with Crippen LogP contribution >= 0.6 is 11.3 Å². The van der Waals surface area contributed by atoms with Gasteiger partial charge in [0.2, 0.25) is 0 Å². The molecule has 1 saturated heterocycles. The quantitative estimate of drug-likeness (QED) is 0.543. The van der Waals surface area contributed by atoms with Gasteiger partial charge in [0.25, 0.3) is 0 Å². The molecule has 0 aliphatic carbocycles. The Hall–Kier alpha value is -1.18. The molecule has 7 heteroatoms. The van der Waals surface area contributed by atoms with Gasteiger partial charge in [0, 0.05) is 26.8 Å². The van der Waals surface area contributed by atoms with E-state index in [0.29, 0.717) is 23.9 Å². The Balaban J connectivity index is 2.03. The van der Waals surface area contributed by atoms with Crippen LogP contribution in [0, 0.1) is 5.92 Å². The summed E-state index contributed by atoms with van der Waals surface area (Å²) in [5.74, 6) is 1.09. The van der Waals surface area contributed by atoms with E-state index in [2.05, 4.69) is 22.1 Å². The number of nitrogens with one attached hydrogen (secondary N) is 1. The van der Waals surface area contributed by atoms with Crippen LogP contribution in [0.15, 0.2) is 0 Å². The lowest BCUT2D eigenvalue weighted by Crippen LogP contribution is -2.33. The van der Waals surface area contributed by atoms with Gasteiger partial charge in [-0.25, -0.2) is 9.78 Å². The van der Waals surface area contributed by atoms with Crippen LogP contribution in [0.1, 0.15) is 47.8 Å². The molecule has 1 atom stereocenters. The van der Waals surface area contributed by atoms with Crippen LogP contribution in [0.25, 0.3) is 0 Å². The summed E-state index contributed by atoms with van der Waals surface area (Å²) in [6.45, 7) is 8.91. The Morgan fingerprint density at radius 1 is 1.50 bits per heavy atom. The van der Waals surface area contributed by atoms with Crippen molar-refractivity contribution in [3.8, 4) is 0 Å². The predicted octanol–water partition coefficient (Wildman–Crippen LogP) is 3.00. The number of rotatable bonds is 9. The second-order valence-corrected chi connectivity index (χ2v) is 7.35. The van der Waals surface area contributed by atoms with Crippen molar-refractivity contribution >= 4 is 23.1 Å². The van der Waals surface area contributed by atoms with Gasteiger partial charge in [0.15, 0.2) is 10.7 Å². The number of aromatic nitrogens is 1. The van der Waals surface area contributed by atoms with Gasteiger partial charge >= 0.3 is 5.97 Å². The highest BCUT2D eigenvalue weighted by atomic mass is 32.1. The highest BCUT2D eigenvalue weighted by Crippen LogP contribution is 2.27. The molecule has 0 bridgehead atoms. The van der Waals surface area contributed by atoms with E-state index in [1.54, 1.807) is 7.11 Å². The monoisotopic (exact) mass is 355 g/mol.